The molecule has 2 aromatic carbocycles. The van der Waals surface area contributed by atoms with Crippen LogP contribution >= 0.6 is 11.6 Å². The van der Waals surface area contributed by atoms with E-state index in [9.17, 15) is 8.42 Å². The van der Waals surface area contributed by atoms with E-state index in [4.69, 9.17) is 21.5 Å². The number of methoxy groups -OCH3 is 1. The lowest BCUT2D eigenvalue weighted by Crippen LogP contribution is -2.11. The van der Waals surface area contributed by atoms with E-state index in [2.05, 4.69) is 13.8 Å². The van der Waals surface area contributed by atoms with Crippen LogP contribution < -0.4 is 9.88 Å². The number of halogens is 1. The first-order valence-corrected chi connectivity index (χ1v) is 10.5. The summed E-state index contributed by atoms with van der Waals surface area (Å²) in [6.45, 7) is 4.51. The number of primary sulfonamides is 1. The molecule has 2 unspecified atom stereocenters. The summed E-state index contributed by atoms with van der Waals surface area (Å²) >= 11 is 6.12. The molecule has 0 amide bonds. The normalized spacial score (nSPS) is 21.4. The zero-order valence-electron chi connectivity index (χ0n) is 15.2. The highest BCUT2D eigenvalue weighted by atomic mass is 35.5. The van der Waals surface area contributed by atoms with Gasteiger partial charge in [-0.3, -0.25) is 0 Å². The van der Waals surface area contributed by atoms with E-state index in [-0.39, 0.29) is 10.3 Å². The Labute approximate surface area is 160 Å². The summed E-state index contributed by atoms with van der Waals surface area (Å²) in [7, 11) is -1.98. The fourth-order valence-corrected chi connectivity index (χ4v) is 4.77. The van der Waals surface area contributed by atoms with Gasteiger partial charge < -0.3 is 4.74 Å². The molecule has 1 aliphatic rings. The number of hydrogen-bond acceptors (Lipinski definition) is 3. The van der Waals surface area contributed by atoms with Gasteiger partial charge in [0.1, 0.15) is 5.75 Å². The van der Waals surface area contributed by atoms with Gasteiger partial charge in [-0.1, -0.05) is 37.6 Å². The van der Waals surface area contributed by atoms with Gasteiger partial charge in [0.05, 0.1) is 12.0 Å². The van der Waals surface area contributed by atoms with Crippen molar-refractivity contribution in [3.8, 4) is 5.75 Å². The second-order valence-corrected chi connectivity index (χ2v) is 9.51. The van der Waals surface area contributed by atoms with E-state index in [0.717, 1.165) is 29.7 Å². The molecule has 0 spiro atoms. The van der Waals surface area contributed by atoms with Gasteiger partial charge in [-0.05, 0) is 71.6 Å². The van der Waals surface area contributed by atoms with Gasteiger partial charge in [0, 0.05) is 5.02 Å². The lowest BCUT2D eigenvalue weighted by Gasteiger charge is -2.09. The largest absolute Gasteiger partial charge is 0.496 e. The van der Waals surface area contributed by atoms with Crippen molar-refractivity contribution in [1.82, 2.24) is 0 Å². The summed E-state index contributed by atoms with van der Waals surface area (Å²) in [5.41, 5.74) is 2.45. The number of hydrogen-bond donors (Lipinski definition) is 1. The molecule has 4 nitrogen and oxygen atoms in total. The van der Waals surface area contributed by atoms with Crippen LogP contribution in [0, 0.1) is 11.3 Å². The fraction of sp³-hybridized carbons (Fsp3) is 0.400. The van der Waals surface area contributed by atoms with Crippen molar-refractivity contribution in [2.24, 2.45) is 16.5 Å². The van der Waals surface area contributed by atoms with E-state index >= 15 is 0 Å². The number of rotatable bonds is 6. The summed E-state index contributed by atoms with van der Waals surface area (Å²) in [4.78, 5) is 0.153. The third kappa shape index (κ3) is 3.75. The summed E-state index contributed by atoms with van der Waals surface area (Å²) in [6, 6.07) is 12.6. The first-order valence-electron chi connectivity index (χ1n) is 8.60. The van der Waals surface area contributed by atoms with Crippen molar-refractivity contribution in [1.29, 1.82) is 0 Å². The van der Waals surface area contributed by atoms with Crippen molar-refractivity contribution in [3.05, 3.63) is 58.6 Å². The Morgan fingerprint density at radius 2 is 1.81 bits per heavy atom. The predicted molar refractivity (Wildman–Crippen MR) is 104 cm³/mol. The van der Waals surface area contributed by atoms with Crippen molar-refractivity contribution in [3.63, 3.8) is 0 Å². The summed E-state index contributed by atoms with van der Waals surface area (Å²) in [5, 5.41) is 5.89. The van der Waals surface area contributed by atoms with Crippen LogP contribution in [0.5, 0.6) is 5.75 Å². The van der Waals surface area contributed by atoms with Crippen LogP contribution in [-0.2, 0) is 16.4 Å². The molecule has 26 heavy (non-hydrogen) atoms. The van der Waals surface area contributed by atoms with Gasteiger partial charge in [-0.25, -0.2) is 13.6 Å². The van der Waals surface area contributed by atoms with E-state index in [1.54, 1.807) is 19.2 Å². The molecule has 3 rings (SSSR count). The summed E-state index contributed by atoms with van der Waals surface area (Å²) < 4.78 is 28.3. The van der Waals surface area contributed by atoms with Crippen LogP contribution in [-0.4, -0.2) is 15.5 Å². The van der Waals surface area contributed by atoms with E-state index < -0.39 is 10.0 Å². The Hall–Kier alpha value is -1.56. The van der Waals surface area contributed by atoms with Gasteiger partial charge in [0.25, 0.3) is 0 Å². The summed E-state index contributed by atoms with van der Waals surface area (Å²) in [5.74, 6) is 1.79. The van der Waals surface area contributed by atoms with Gasteiger partial charge >= 0.3 is 0 Å². The van der Waals surface area contributed by atoms with E-state index in [1.807, 2.05) is 30.3 Å². The van der Waals surface area contributed by atoms with Gasteiger partial charge in [-0.15, -0.1) is 0 Å². The van der Waals surface area contributed by atoms with Crippen LogP contribution in [0.2, 0.25) is 5.02 Å². The molecule has 0 saturated heterocycles. The molecule has 0 bridgehead atoms. The monoisotopic (exact) mass is 393 g/mol. The molecule has 0 radical (unpaired) electrons. The number of benzene rings is 2. The van der Waals surface area contributed by atoms with Crippen LogP contribution in [0.4, 0.5) is 0 Å². The zero-order chi connectivity index (χ0) is 19.1. The average Bonchev–Trinajstić information content (AvgIpc) is 3.13. The third-order valence-corrected chi connectivity index (χ3v) is 6.75. The SMILES string of the molecule is COc1ccc(Cl)cc1CCC1C(c2ccc(S(N)(=O)=O)cc2)C1(C)C. The highest BCUT2D eigenvalue weighted by molar-refractivity contribution is 7.89. The minimum absolute atomic E-state index is 0.153. The van der Waals surface area contributed by atoms with E-state index in [1.165, 1.54) is 0 Å². The molecule has 1 saturated carbocycles. The maximum Gasteiger partial charge on any atom is 0.238 e. The molecular weight excluding hydrogens is 370 g/mol. The molecule has 1 fully saturated rings. The van der Waals surface area contributed by atoms with Crippen LogP contribution in [0.3, 0.4) is 0 Å². The first kappa shape index (κ1) is 19.2. The number of aryl methyl sites for hydroxylation is 1. The highest BCUT2D eigenvalue weighted by Gasteiger charge is 2.57. The molecule has 2 N–H and O–H groups in total. The number of sulfonamides is 1. The number of nitrogens with two attached hydrogens (primary N) is 1. The number of ether oxygens (including phenoxy) is 1. The first-order chi connectivity index (χ1) is 12.1. The van der Waals surface area contributed by atoms with Crippen molar-refractivity contribution >= 4 is 21.6 Å². The Kier molecular flexibility index (Phi) is 5.08. The van der Waals surface area contributed by atoms with Crippen molar-refractivity contribution in [2.75, 3.05) is 7.11 Å². The average molecular weight is 394 g/mol. The molecule has 2 atom stereocenters. The molecular formula is C20H24ClNO3S. The second kappa shape index (κ2) is 6.87. The maximum atomic E-state index is 11.4. The Bertz CT molecular complexity index is 907. The lowest BCUT2D eigenvalue weighted by molar-refractivity contribution is 0.407. The second-order valence-electron chi connectivity index (χ2n) is 7.51. The quantitative estimate of drug-likeness (QED) is 0.792. The smallest absolute Gasteiger partial charge is 0.238 e. The minimum atomic E-state index is -3.65. The Morgan fingerprint density at radius 3 is 2.38 bits per heavy atom. The molecule has 1 aliphatic carbocycles. The fourth-order valence-electron chi connectivity index (χ4n) is 4.06. The maximum absolute atomic E-state index is 11.4. The van der Waals surface area contributed by atoms with Gasteiger partial charge in [-0.2, -0.15) is 0 Å². The zero-order valence-corrected chi connectivity index (χ0v) is 16.8. The van der Waals surface area contributed by atoms with Crippen molar-refractivity contribution in [2.45, 2.75) is 37.5 Å². The Balaban J connectivity index is 1.73. The molecule has 6 heteroatoms. The van der Waals surface area contributed by atoms with Crippen LogP contribution in [0.1, 0.15) is 37.3 Å². The standard InChI is InChI=1S/C20H24ClNO3S/c1-20(2)17(10-6-14-12-15(21)7-11-18(14)25-3)19(20)13-4-8-16(9-5-13)26(22,23)24/h4-5,7-9,11-12,17,19H,6,10H2,1-3H3,(H2,22,23,24). The molecule has 0 heterocycles. The molecule has 140 valence electrons. The van der Waals surface area contributed by atoms with Crippen molar-refractivity contribution < 1.29 is 13.2 Å². The Morgan fingerprint density at radius 1 is 1.15 bits per heavy atom. The topological polar surface area (TPSA) is 69.4 Å². The molecule has 2 aromatic rings. The third-order valence-electron chi connectivity index (χ3n) is 5.59. The van der Waals surface area contributed by atoms with Crippen LogP contribution in [0.25, 0.3) is 0 Å². The minimum Gasteiger partial charge on any atom is -0.496 e. The van der Waals surface area contributed by atoms with Crippen LogP contribution in [0.15, 0.2) is 47.4 Å². The van der Waals surface area contributed by atoms with Gasteiger partial charge in [0.15, 0.2) is 0 Å². The van der Waals surface area contributed by atoms with Gasteiger partial charge in [0.2, 0.25) is 10.0 Å². The highest BCUT2D eigenvalue weighted by Crippen LogP contribution is 2.66. The molecule has 0 aliphatic heterocycles. The molecule has 0 aromatic heterocycles. The van der Waals surface area contributed by atoms with E-state index in [0.29, 0.717) is 16.9 Å². The lowest BCUT2D eigenvalue weighted by atomic mass is 10.0. The predicted octanol–water partition coefficient (Wildman–Crippen LogP) is 4.37. The summed E-state index contributed by atoms with van der Waals surface area (Å²) in [6.07, 6.45) is 1.91.